The second kappa shape index (κ2) is 5.69. The number of hydrogen-bond donors (Lipinski definition) is 1. The van der Waals surface area contributed by atoms with Crippen LogP contribution >= 0.6 is 0 Å². The van der Waals surface area contributed by atoms with E-state index < -0.39 is 0 Å². The van der Waals surface area contributed by atoms with Crippen molar-refractivity contribution in [3.05, 3.63) is 0 Å². The predicted molar refractivity (Wildman–Crippen MR) is 46.1 cm³/mol. The van der Waals surface area contributed by atoms with E-state index in [4.69, 9.17) is 5.73 Å². The molecular weight excluding hydrogens is 124 g/mol. The predicted octanol–water partition coefficient (Wildman–Crippen LogP) is 1.07. The molecule has 0 saturated carbocycles. The molecule has 0 aliphatic heterocycles. The highest BCUT2D eigenvalue weighted by Crippen LogP contribution is 2.00. The number of nitrogens with zero attached hydrogens (tertiary/aromatic N) is 1. The van der Waals surface area contributed by atoms with Gasteiger partial charge in [-0.3, -0.25) is 0 Å². The number of rotatable bonds is 5. The third-order valence-corrected chi connectivity index (χ3v) is 2.02. The Hall–Kier alpha value is -0.0800. The minimum Gasteiger partial charge on any atom is -0.330 e. The van der Waals surface area contributed by atoms with Gasteiger partial charge in [0.05, 0.1) is 0 Å². The summed E-state index contributed by atoms with van der Waals surface area (Å²) in [6.45, 7) is 9.69. The van der Waals surface area contributed by atoms with Gasteiger partial charge in [-0.15, -0.1) is 0 Å². The third kappa shape index (κ3) is 3.18. The van der Waals surface area contributed by atoms with E-state index in [9.17, 15) is 0 Å². The molecule has 0 aliphatic carbocycles. The molecule has 0 aromatic heterocycles. The first kappa shape index (κ1) is 9.92. The molecule has 0 rings (SSSR count). The van der Waals surface area contributed by atoms with Gasteiger partial charge >= 0.3 is 0 Å². The normalized spacial score (nSPS) is 14.1. The lowest BCUT2D eigenvalue weighted by atomic mass is 10.2. The summed E-state index contributed by atoms with van der Waals surface area (Å²) < 4.78 is 0. The van der Waals surface area contributed by atoms with Gasteiger partial charge in [-0.05, 0) is 33.0 Å². The molecule has 1 atom stereocenters. The molecule has 0 aliphatic rings. The van der Waals surface area contributed by atoms with E-state index in [2.05, 4.69) is 25.7 Å². The second-order valence-corrected chi connectivity index (χ2v) is 2.65. The molecule has 0 aromatic carbocycles. The van der Waals surface area contributed by atoms with Crippen molar-refractivity contribution >= 4 is 0 Å². The molecule has 0 radical (unpaired) electrons. The lowest BCUT2D eigenvalue weighted by Crippen LogP contribution is -2.34. The SMILES string of the molecule is CCN(CC)C(C)CCN. The molecule has 62 valence electrons. The second-order valence-electron chi connectivity index (χ2n) is 2.65. The molecule has 0 saturated heterocycles. The summed E-state index contributed by atoms with van der Waals surface area (Å²) in [7, 11) is 0. The Balaban J connectivity index is 3.53. The highest BCUT2D eigenvalue weighted by Gasteiger charge is 2.07. The molecule has 0 bridgehead atoms. The Kier molecular flexibility index (Phi) is 5.64. The largest absolute Gasteiger partial charge is 0.330 e. The monoisotopic (exact) mass is 144 g/mol. The summed E-state index contributed by atoms with van der Waals surface area (Å²) in [5.74, 6) is 0. The maximum atomic E-state index is 5.45. The zero-order valence-electron chi connectivity index (χ0n) is 7.43. The van der Waals surface area contributed by atoms with E-state index in [0.717, 1.165) is 26.1 Å². The van der Waals surface area contributed by atoms with Gasteiger partial charge in [0, 0.05) is 6.04 Å². The maximum Gasteiger partial charge on any atom is 0.00786 e. The zero-order chi connectivity index (χ0) is 7.98. The van der Waals surface area contributed by atoms with Gasteiger partial charge in [0.15, 0.2) is 0 Å². The van der Waals surface area contributed by atoms with E-state index in [1.165, 1.54) is 0 Å². The average Bonchev–Trinajstić information content (AvgIpc) is 1.91. The fourth-order valence-corrected chi connectivity index (χ4v) is 1.27. The number of nitrogens with two attached hydrogens (primary N) is 1. The molecule has 10 heavy (non-hydrogen) atoms. The van der Waals surface area contributed by atoms with Gasteiger partial charge in [-0.1, -0.05) is 13.8 Å². The standard InChI is InChI=1S/C8H20N2/c1-4-10(5-2)8(3)6-7-9/h8H,4-7,9H2,1-3H3. The maximum absolute atomic E-state index is 5.45. The van der Waals surface area contributed by atoms with Gasteiger partial charge in [-0.2, -0.15) is 0 Å². The summed E-state index contributed by atoms with van der Waals surface area (Å²) >= 11 is 0. The van der Waals surface area contributed by atoms with Crippen LogP contribution in [0.2, 0.25) is 0 Å². The van der Waals surface area contributed by atoms with Crippen molar-refractivity contribution < 1.29 is 0 Å². The fourth-order valence-electron chi connectivity index (χ4n) is 1.27. The Labute approximate surface area is 64.4 Å². The van der Waals surface area contributed by atoms with Crippen LogP contribution in [0.25, 0.3) is 0 Å². The van der Waals surface area contributed by atoms with Crippen molar-refractivity contribution in [2.24, 2.45) is 5.73 Å². The van der Waals surface area contributed by atoms with Crippen molar-refractivity contribution in [2.45, 2.75) is 33.2 Å². The van der Waals surface area contributed by atoms with Gasteiger partial charge < -0.3 is 10.6 Å². The molecule has 2 heteroatoms. The van der Waals surface area contributed by atoms with E-state index in [-0.39, 0.29) is 0 Å². The lowest BCUT2D eigenvalue weighted by molar-refractivity contribution is 0.223. The lowest BCUT2D eigenvalue weighted by Gasteiger charge is -2.25. The first-order valence-electron chi connectivity index (χ1n) is 4.20. The van der Waals surface area contributed by atoms with Gasteiger partial charge in [-0.25, -0.2) is 0 Å². The Morgan fingerprint density at radius 1 is 1.30 bits per heavy atom. The smallest absolute Gasteiger partial charge is 0.00786 e. The quantitative estimate of drug-likeness (QED) is 0.625. The van der Waals surface area contributed by atoms with Crippen LogP contribution in [-0.4, -0.2) is 30.6 Å². The van der Waals surface area contributed by atoms with E-state index >= 15 is 0 Å². The molecule has 0 spiro atoms. The molecule has 0 fully saturated rings. The van der Waals surface area contributed by atoms with Crippen LogP contribution < -0.4 is 5.73 Å². The molecule has 0 amide bonds. The molecule has 0 aromatic rings. The van der Waals surface area contributed by atoms with Crippen molar-refractivity contribution in [1.82, 2.24) is 4.90 Å². The van der Waals surface area contributed by atoms with Crippen molar-refractivity contribution in [2.75, 3.05) is 19.6 Å². The van der Waals surface area contributed by atoms with Gasteiger partial charge in [0.25, 0.3) is 0 Å². The highest BCUT2D eigenvalue weighted by molar-refractivity contribution is 4.63. The molecule has 2 nitrogen and oxygen atoms in total. The van der Waals surface area contributed by atoms with Crippen molar-refractivity contribution in [3.8, 4) is 0 Å². The molecule has 2 N–H and O–H groups in total. The summed E-state index contributed by atoms with van der Waals surface area (Å²) in [5, 5.41) is 0. The zero-order valence-corrected chi connectivity index (χ0v) is 7.43. The van der Waals surface area contributed by atoms with Crippen LogP contribution in [0, 0.1) is 0 Å². The third-order valence-electron chi connectivity index (χ3n) is 2.02. The molecule has 0 heterocycles. The Bertz CT molecular complexity index is 69.7. The minimum atomic E-state index is 0.653. The highest BCUT2D eigenvalue weighted by atomic mass is 15.1. The summed E-state index contributed by atoms with van der Waals surface area (Å²) in [5.41, 5.74) is 5.45. The van der Waals surface area contributed by atoms with E-state index in [1.807, 2.05) is 0 Å². The number of hydrogen-bond acceptors (Lipinski definition) is 2. The van der Waals surface area contributed by atoms with Crippen LogP contribution in [0.5, 0.6) is 0 Å². The average molecular weight is 144 g/mol. The van der Waals surface area contributed by atoms with Crippen LogP contribution in [0.15, 0.2) is 0 Å². The minimum absolute atomic E-state index is 0.653. The van der Waals surface area contributed by atoms with Crippen LogP contribution in [-0.2, 0) is 0 Å². The molecule has 1 unspecified atom stereocenters. The Morgan fingerprint density at radius 3 is 2.10 bits per heavy atom. The van der Waals surface area contributed by atoms with Crippen molar-refractivity contribution in [3.63, 3.8) is 0 Å². The fraction of sp³-hybridized carbons (Fsp3) is 1.00. The summed E-state index contributed by atoms with van der Waals surface area (Å²) in [4.78, 5) is 2.42. The first-order chi connectivity index (χ1) is 4.76. The van der Waals surface area contributed by atoms with Gasteiger partial charge in [0.1, 0.15) is 0 Å². The summed E-state index contributed by atoms with van der Waals surface area (Å²) in [6, 6.07) is 0.653. The summed E-state index contributed by atoms with van der Waals surface area (Å²) in [6.07, 6.45) is 1.11. The van der Waals surface area contributed by atoms with Crippen LogP contribution in [0.1, 0.15) is 27.2 Å². The van der Waals surface area contributed by atoms with E-state index in [1.54, 1.807) is 0 Å². The van der Waals surface area contributed by atoms with Crippen LogP contribution in [0.4, 0.5) is 0 Å². The first-order valence-corrected chi connectivity index (χ1v) is 4.20. The van der Waals surface area contributed by atoms with Crippen LogP contribution in [0.3, 0.4) is 0 Å². The Morgan fingerprint density at radius 2 is 1.80 bits per heavy atom. The van der Waals surface area contributed by atoms with E-state index in [0.29, 0.717) is 6.04 Å². The topological polar surface area (TPSA) is 29.3 Å². The van der Waals surface area contributed by atoms with Gasteiger partial charge in [0.2, 0.25) is 0 Å². The van der Waals surface area contributed by atoms with Crippen molar-refractivity contribution in [1.29, 1.82) is 0 Å². The molecular formula is C8H20N2.